The molecule has 2 N–H and O–H groups in total. The first-order chi connectivity index (χ1) is 6.69. The molecule has 1 unspecified atom stereocenters. The van der Waals surface area contributed by atoms with Crippen LogP contribution >= 0.6 is 0 Å². The summed E-state index contributed by atoms with van der Waals surface area (Å²) in [7, 11) is 1.51. The first-order valence-corrected chi connectivity index (χ1v) is 4.86. The maximum Gasteiger partial charge on any atom is 0.253 e. The van der Waals surface area contributed by atoms with Gasteiger partial charge in [0, 0.05) is 26.7 Å². The topological polar surface area (TPSA) is 55.6 Å². The fourth-order valence-electron chi connectivity index (χ4n) is 1.47. The lowest BCUT2D eigenvalue weighted by Gasteiger charge is -2.28. The third-order valence-corrected chi connectivity index (χ3v) is 2.52. The van der Waals surface area contributed by atoms with Crippen LogP contribution in [0.1, 0.15) is 13.3 Å². The Kier molecular flexibility index (Phi) is 4.10. The normalized spacial score (nSPS) is 19.1. The van der Waals surface area contributed by atoms with Crippen LogP contribution in [0.2, 0.25) is 0 Å². The number of nitrogens with two attached hydrogens (primary N) is 1. The van der Waals surface area contributed by atoms with Gasteiger partial charge in [-0.3, -0.25) is 4.79 Å². The smallest absolute Gasteiger partial charge is 0.253 e. The predicted molar refractivity (Wildman–Crippen MR) is 54.8 cm³/mol. The molecular weight excluding hydrogens is 180 g/mol. The average Bonchev–Trinajstić information content (AvgIpc) is 2.20. The van der Waals surface area contributed by atoms with E-state index >= 15 is 0 Å². The lowest BCUT2D eigenvalue weighted by molar-refractivity contribution is -0.141. The third-order valence-electron chi connectivity index (χ3n) is 2.52. The molecule has 1 aliphatic heterocycles. The van der Waals surface area contributed by atoms with Gasteiger partial charge in [0.2, 0.25) is 0 Å². The van der Waals surface area contributed by atoms with E-state index in [2.05, 4.69) is 13.0 Å². The first kappa shape index (κ1) is 11.2. The Morgan fingerprint density at radius 2 is 2.50 bits per heavy atom. The zero-order chi connectivity index (χ0) is 10.6. The van der Waals surface area contributed by atoms with Gasteiger partial charge in [0.15, 0.2) is 0 Å². The van der Waals surface area contributed by atoms with E-state index in [0.29, 0.717) is 6.54 Å². The molecule has 1 amide bonds. The number of hydrogen-bond acceptors (Lipinski definition) is 3. The van der Waals surface area contributed by atoms with Crippen LogP contribution in [0.3, 0.4) is 0 Å². The first-order valence-electron chi connectivity index (χ1n) is 4.86. The van der Waals surface area contributed by atoms with Gasteiger partial charge in [-0.15, -0.1) is 0 Å². The summed E-state index contributed by atoms with van der Waals surface area (Å²) >= 11 is 0. The van der Waals surface area contributed by atoms with E-state index in [-0.39, 0.29) is 12.5 Å². The maximum atomic E-state index is 11.8. The Bertz CT molecular complexity index is 234. The minimum Gasteiger partial charge on any atom is -0.370 e. The van der Waals surface area contributed by atoms with Crippen molar-refractivity contribution < 1.29 is 9.53 Å². The fourth-order valence-corrected chi connectivity index (χ4v) is 1.47. The monoisotopic (exact) mass is 198 g/mol. The van der Waals surface area contributed by atoms with Gasteiger partial charge in [-0.1, -0.05) is 11.6 Å². The molecule has 14 heavy (non-hydrogen) atoms. The van der Waals surface area contributed by atoms with Crippen molar-refractivity contribution in [1.29, 1.82) is 0 Å². The highest BCUT2D eigenvalue weighted by molar-refractivity contribution is 5.81. The Hall–Kier alpha value is -0.870. The average molecular weight is 198 g/mol. The number of carbonyl (C=O) groups is 1. The largest absolute Gasteiger partial charge is 0.370 e. The molecule has 1 rings (SSSR count). The molecule has 4 heteroatoms. The van der Waals surface area contributed by atoms with Crippen LogP contribution in [0.5, 0.6) is 0 Å². The van der Waals surface area contributed by atoms with E-state index in [1.54, 1.807) is 4.90 Å². The van der Waals surface area contributed by atoms with Gasteiger partial charge < -0.3 is 15.4 Å². The molecule has 0 bridgehead atoms. The molecule has 0 aromatic carbocycles. The van der Waals surface area contributed by atoms with Crippen molar-refractivity contribution in [3.05, 3.63) is 11.6 Å². The van der Waals surface area contributed by atoms with Crippen LogP contribution in [0.15, 0.2) is 11.6 Å². The van der Waals surface area contributed by atoms with E-state index in [0.717, 1.165) is 13.0 Å². The number of rotatable bonds is 3. The number of carbonyl (C=O) groups excluding carboxylic acids is 1. The molecule has 4 nitrogen and oxygen atoms in total. The van der Waals surface area contributed by atoms with Crippen molar-refractivity contribution in [3.8, 4) is 0 Å². The summed E-state index contributed by atoms with van der Waals surface area (Å²) in [4.78, 5) is 13.5. The van der Waals surface area contributed by atoms with E-state index < -0.39 is 6.10 Å². The zero-order valence-electron chi connectivity index (χ0n) is 8.82. The molecule has 0 saturated carbocycles. The number of nitrogens with zero attached hydrogens (tertiary/aromatic N) is 1. The van der Waals surface area contributed by atoms with E-state index in [1.165, 1.54) is 12.7 Å². The van der Waals surface area contributed by atoms with Crippen LogP contribution in [-0.2, 0) is 9.53 Å². The van der Waals surface area contributed by atoms with Crippen molar-refractivity contribution in [2.24, 2.45) is 5.73 Å². The van der Waals surface area contributed by atoms with Crippen LogP contribution in [0.25, 0.3) is 0 Å². The maximum absolute atomic E-state index is 11.8. The number of methoxy groups -OCH3 is 1. The van der Waals surface area contributed by atoms with Gasteiger partial charge in [-0.25, -0.2) is 0 Å². The summed E-state index contributed by atoms with van der Waals surface area (Å²) in [6, 6.07) is 0. The molecule has 1 atom stereocenters. The Balaban J connectivity index is 2.53. The van der Waals surface area contributed by atoms with E-state index in [9.17, 15) is 4.79 Å². The van der Waals surface area contributed by atoms with E-state index in [1.807, 2.05) is 0 Å². The lowest BCUT2D eigenvalue weighted by atomic mass is 10.1. The lowest BCUT2D eigenvalue weighted by Crippen LogP contribution is -2.45. The highest BCUT2D eigenvalue weighted by Crippen LogP contribution is 2.10. The summed E-state index contributed by atoms with van der Waals surface area (Å²) in [5, 5.41) is 0. The third kappa shape index (κ3) is 2.56. The van der Waals surface area contributed by atoms with Gasteiger partial charge >= 0.3 is 0 Å². The molecule has 0 radical (unpaired) electrons. The molecule has 0 fully saturated rings. The minimum atomic E-state index is -0.484. The van der Waals surface area contributed by atoms with Crippen LogP contribution < -0.4 is 5.73 Å². The summed E-state index contributed by atoms with van der Waals surface area (Å²) in [6.45, 7) is 3.79. The molecule has 0 spiro atoms. The zero-order valence-corrected chi connectivity index (χ0v) is 8.82. The fraction of sp³-hybridized carbons (Fsp3) is 0.700. The SMILES string of the molecule is COC(CN)C(=O)N1CC=C(C)CC1. The number of ether oxygens (including phenoxy) is 1. The second-order valence-corrected chi connectivity index (χ2v) is 3.54. The standard InChI is InChI=1S/C10H18N2O2/c1-8-3-5-12(6-4-8)10(13)9(7-11)14-2/h3,9H,4-7,11H2,1-2H3. The van der Waals surface area contributed by atoms with Gasteiger partial charge in [0.1, 0.15) is 6.10 Å². The van der Waals surface area contributed by atoms with Gasteiger partial charge in [0.25, 0.3) is 5.91 Å². The van der Waals surface area contributed by atoms with Crippen molar-refractivity contribution in [2.75, 3.05) is 26.7 Å². The molecule has 0 saturated heterocycles. The summed E-state index contributed by atoms with van der Waals surface area (Å²) in [6.07, 6.45) is 2.54. The molecule has 0 aromatic heterocycles. The van der Waals surface area contributed by atoms with Crippen molar-refractivity contribution in [1.82, 2.24) is 4.90 Å². The minimum absolute atomic E-state index is 0.00116. The molecule has 1 heterocycles. The van der Waals surface area contributed by atoms with E-state index in [4.69, 9.17) is 10.5 Å². The number of hydrogen-bond donors (Lipinski definition) is 1. The molecule has 0 aromatic rings. The van der Waals surface area contributed by atoms with Gasteiger partial charge in [-0.05, 0) is 13.3 Å². The Morgan fingerprint density at radius 1 is 1.79 bits per heavy atom. The highest BCUT2D eigenvalue weighted by atomic mass is 16.5. The van der Waals surface area contributed by atoms with Crippen LogP contribution in [0, 0.1) is 0 Å². The summed E-state index contributed by atoms with van der Waals surface area (Å²) in [5.41, 5.74) is 6.77. The van der Waals surface area contributed by atoms with Crippen molar-refractivity contribution in [3.63, 3.8) is 0 Å². The van der Waals surface area contributed by atoms with Gasteiger partial charge in [-0.2, -0.15) is 0 Å². The predicted octanol–water partition coefficient (Wildman–Crippen LogP) is 0.139. The Labute approximate surface area is 84.7 Å². The molecule has 80 valence electrons. The van der Waals surface area contributed by atoms with Crippen molar-refractivity contribution in [2.45, 2.75) is 19.4 Å². The molecule has 1 aliphatic rings. The van der Waals surface area contributed by atoms with Crippen LogP contribution in [-0.4, -0.2) is 43.7 Å². The summed E-state index contributed by atoms with van der Waals surface area (Å²) in [5.74, 6) is -0.00116. The van der Waals surface area contributed by atoms with Crippen LogP contribution in [0.4, 0.5) is 0 Å². The second-order valence-electron chi connectivity index (χ2n) is 3.54. The van der Waals surface area contributed by atoms with Crippen molar-refractivity contribution >= 4 is 5.91 Å². The summed E-state index contributed by atoms with van der Waals surface area (Å²) < 4.78 is 5.00. The van der Waals surface area contributed by atoms with Gasteiger partial charge in [0.05, 0.1) is 0 Å². The molecular formula is C10H18N2O2. The molecule has 0 aliphatic carbocycles. The number of amides is 1. The highest BCUT2D eigenvalue weighted by Gasteiger charge is 2.23. The Morgan fingerprint density at radius 3 is 2.93 bits per heavy atom. The quantitative estimate of drug-likeness (QED) is 0.656. The second kappa shape index (κ2) is 5.12.